The summed E-state index contributed by atoms with van der Waals surface area (Å²) in [6.07, 6.45) is 3.78. The molecule has 0 atom stereocenters. The van der Waals surface area contributed by atoms with Crippen LogP contribution in [0.15, 0.2) is 10.9 Å². The van der Waals surface area contributed by atoms with E-state index in [1.807, 2.05) is 19.0 Å². The highest BCUT2D eigenvalue weighted by atomic mass is 16.5. The van der Waals surface area contributed by atoms with Crippen LogP contribution in [0.4, 0.5) is 0 Å². The highest BCUT2D eigenvalue weighted by Gasteiger charge is 2.23. The van der Waals surface area contributed by atoms with E-state index in [4.69, 9.17) is 4.74 Å². The van der Waals surface area contributed by atoms with E-state index >= 15 is 0 Å². The van der Waals surface area contributed by atoms with Crippen LogP contribution in [0.3, 0.4) is 0 Å². The number of likely N-dealkylation sites (N-methyl/N-ethyl adjacent to an activating group) is 1. The maximum Gasteiger partial charge on any atom is 0.256 e. The zero-order chi connectivity index (χ0) is 16.1. The van der Waals surface area contributed by atoms with Gasteiger partial charge in [-0.05, 0) is 33.4 Å². The molecule has 1 aromatic rings. The Hall–Kier alpha value is -1.82. The Morgan fingerprint density at radius 3 is 2.82 bits per heavy atom. The number of amides is 1. The molecular formula is C16H25N3O3. The predicted molar refractivity (Wildman–Crippen MR) is 85.7 cm³/mol. The first-order valence-electron chi connectivity index (χ1n) is 7.78. The molecule has 2 rings (SSSR count). The maximum atomic E-state index is 12.6. The lowest BCUT2D eigenvalue weighted by Gasteiger charge is -2.18. The summed E-state index contributed by atoms with van der Waals surface area (Å²) in [5, 5.41) is 2.92. The zero-order valence-corrected chi connectivity index (χ0v) is 13.6. The number of fused-ring (bicyclic) bond motifs is 1. The first-order chi connectivity index (χ1) is 10.5. The van der Waals surface area contributed by atoms with Crippen LogP contribution in [0, 0.1) is 0 Å². The molecule has 0 radical (unpaired) electrons. The van der Waals surface area contributed by atoms with E-state index in [0.29, 0.717) is 24.4 Å². The monoisotopic (exact) mass is 307 g/mol. The molecule has 0 saturated carbocycles. The van der Waals surface area contributed by atoms with E-state index in [9.17, 15) is 9.59 Å². The van der Waals surface area contributed by atoms with E-state index in [2.05, 4.69) is 5.32 Å². The minimum atomic E-state index is -0.163. The van der Waals surface area contributed by atoms with Gasteiger partial charge in [0.2, 0.25) is 0 Å². The molecule has 1 aliphatic rings. The fourth-order valence-corrected chi connectivity index (χ4v) is 2.80. The number of methoxy groups -OCH3 is 1. The Bertz CT molecular complexity index is 593. The number of hydrogen-bond acceptors (Lipinski definition) is 4. The highest BCUT2D eigenvalue weighted by Crippen LogP contribution is 2.24. The van der Waals surface area contributed by atoms with Crippen LogP contribution in [0.25, 0.3) is 0 Å². The van der Waals surface area contributed by atoms with Gasteiger partial charge in [-0.2, -0.15) is 0 Å². The average Bonchev–Trinajstić information content (AvgIpc) is 2.72. The van der Waals surface area contributed by atoms with Crippen molar-refractivity contribution in [2.45, 2.75) is 32.2 Å². The van der Waals surface area contributed by atoms with Gasteiger partial charge in [0.1, 0.15) is 11.3 Å². The molecule has 6 heteroatoms. The Morgan fingerprint density at radius 1 is 1.36 bits per heavy atom. The summed E-state index contributed by atoms with van der Waals surface area (Å²) in [6.45, 7) is 2.01. The summed E-state index contributed by atoms with van der Waals surface area (Å²) >= 11 is 0. The van der Waals surface area contributed by atoms with Crippen LogP contribution >= 0.6 is 0 Å². The Labute approximate surface area is 131 Å². The minimum Gasteiger partial charge on any atom is -0.496 e. The smallest absolute Gasteiger partial charge is 0.256 e. The molecule has 0 bridgehead atoms. The number of rotatable bonds is 5. The Balaban J connectivity index is 2.35. The molecule has 0 aromatic carbocycles. The maximum absolute atomic E-state index is 12.6. The summed E-state index contributed by atoms with van der Waals surface area (Å²) in [6, 6.07) is 1.43. The molecular weight excluding hydrogens is 282 g/mol. The number of hydrogen-bond donors (Lipinski definition) is 1. The molecule has 1 aliphatic heterocycles. The average molecular weight is 307 g/mol. The first kappa shape index (κ1) is 16.5. The van der Waals surface area contributed by atoms with Gasteiger partial charge in [-0.1, -0.05) is 6.42 Å². The van der Waals surface area contributed by atoms with Crippen molar-refractivity contribution in [3.63, 3.8) is 0 Å². The van der Waals surface area contributed by atoms with Gasteiger partial charge in [-0.3, -0.25) is 9.59 Å². The van der Waals surface area contributed by atoms with Crippen LogP contribution in [0.2, 0.25) is 0 Å². The second-order valence-corrected chi connectivity index (χ2v) is 5.89. The third-order valence-electron chi connectivity index (χ3n) is 3.97. The lowest BCUT2D eigenvalue weighted by atomic mass is 10.1. The minimum absolute atomic E-state index is 0.0846. The van der Waals surface area contributed by atoms with Gasteiger partial charge in [-0.15, -0.1) is 0 Å². The number of nitrogens with zero attached hydrogens (tertiary/aromatic N) is 2. The lowest BCUT2D eigenvalue weighted by molar-refractivity contribution is 0.0946. The van der Waals surface area contributed by atoms with E-state index in [-0.39, 0.29) is 11.5 Å². The van der Waals surface area contributed by atoms with E-state index < -0.39 is 0 Å². The van der Waals surface area contributed by atoms with E-state index in [1.54, 1.807) is 4.57 Å². The summed E-state index contributed by atoms with van der Waals surface area (Å²) in [5.74, 6) is 0.213. The molecule has 0 fully saturated rings. The fourth-order valence-electron chi connectivity index (χ4n) is 2.80. The largest absolute Gasteiger partial charge is 0.496 e. The van der Waals surface area contributed by atoms with Gasteiger partial charge >= 0.3 is 0 Å². The number of ether oxygens (including phenoxy) is 1. The zero-order valence-electron chi connectivity index (χ0n) is 13.6. The van der Waals surface area contributed by atoms with Crippen molar-refractivity contribution in [1.82, 2.24) is 14.8 Å². The number of aromatic nitrogens is 1. The molecule has 1 aromatic heterocycles. The summed E-state index contributed by atoms with van der Waals surface area (Å²) in [4.78, 5) is 26.8. The van der Waals surface area contributed by atoms with Gasteiger partial charge in [0.05, 0.1) is 7.11 Å². The lowest BCUT2D eigenvalue weighted by Crippen LogP contribution is -2.34. The summed E-state index contributed by atoms with van der Waals surface area (Å²) in [5.41, 5.74) is 1.24. The first-order valence-corrected chi connectivity index (χ1v) is 7.78. The van der Waals surface area contributed by atoms with Crippen molar-refractivity contribution >= 4 is 5.91 Å². The van der Waals surface area contributed by atoms with Crippen LogP contribution in [0.1, 0.15) is 35.3 Å². The quantitative estimate of drug-likeness (QED) is 0.877. The standard InChI is InChI=1S/C16H25N3O3/c1-18(2)10-8-17-16(21)15-12-7-5-4-6-9-19(12)14(20)11-13(15)22-3/h11H,4-10H2,1-3H3,(H,17,21). The van der Waals surface area contributed by atoms with E-state index in [1.165, 1.54) is 13.2 Å². The molecule has 122 valence electrons. The van der Waals surface area contributed by atoms with Gasteiger partial charge in [-0.25, -0.2) is 0 Å². The predicted octanol–water partition coefficient (Wildman–Crippen LogP) is 0.875. The highest BCUT2D eigenvalue weighted by molar-refractivity contribution is 5.98. The fraction of sp³-hybridized carbons (Fsp3) is 0.625. The molecule has 0 saturated heterocycles. The van der Waals surface area contributed by atoms with Crippen LogP contribution in [0.5, 0.6) is 5.75 Å². The van der Waals surface area contributed by atoms with Gasteiger partial charge in [0.15, 0.2) is 0 Å². The third-order valence-corrected chi connectivity index (χ3v) is 3.97. The normalized spacial score (nSPS) is 14.4. The molecule has 1 amide bonds. The van der Waals surface area contributed by atoms with Crippen molar-refractivity contribution in [3.8, 4) is 5.75 Å². The molecule has 0 spiro atoms. The van der Waals surface area contributed by atoms with Crippen molar-refractivity contribution in [1.29, 1.82) is 0 Å². The van der Waals surface area contributed by atoms with Crippen LogP contribution in [-0.4, -0.2) is 49.7 Å². The van der Waals surface area contributed by atoms with E-state index in [0.717, 1.165) is 37.9 Å². The molecule has 0 aliphatic carbocycles. The topological polar surface area (TPSA) is 63.6 Å². The van der Waals surface area contributed by atoms with Crippen molar-refractivity contribution in [2.75, 3.05) is 34.3 Å². The summed E-state index contributed by atoms with van der Waals surface area (Å²) in [7, 11) is 5.42. The molecule has 0 unspecified atom stereocenters. The number of carbonyl (C=O) groups excluding carboxylic acids is 1. The second-order valence-electron chi connectivity index (χ2n) is 5.89. The Kier molecular flexibility index (Phi) is 5.60. The van der Waals surface area contributed by atoms with Gasteiger partial charge in [0, 0.05) is 31.4 Å². The SMILES string of the molecule is COc1cc(=O)n2c(c1C(=O)NCCN(C)C)CCCCC2. The molecule has 1 N–H and O–H groups in total. The van der Waals surface area contributed by atoms with Crippen molar-refractivity contribution < 1.29 is 9.53 Å². The van der Waals surface area contributed by atoms with Gasteiger partial charge in [0.25, 0.3) is 11.5 Å². The third kappa shape index (κ3) is 3.68. The second kappa shape index (κ2) is 7.45. The molecule has 2 heterocycles. The van der Waals surface area contributed by atoms with Crippen LogP contribution in [-0.2, 0) is 13.0 Å². The number of pyridine rings is 1. The van der Waals surface area contributed by atoms with Crippen molar-refractivity contribution in [2.24, 2.45) is 0 Å². The van der Waals surface area contributed by atoms with Crippen LogP contribution < -0.4 is 15.6 Å². The van der Waals surface area contributed by atoms with Crippen molar-refractivity contribution in [3.05, 3.63) is 27.7 Å². The van der Waals surface area contributed by atoms with Gasteiger partial charge < -0.3 is 19.5 Å². The number of nitrogens with one attached hydrogen (secondary N) is 1. The Morgan fingerprint density at radius 2 is 2.14 bits per heavy atom. The molecule has 6 nitrogen and oxygen atoms in total. The molecule has 22 heavy (non-hydrogen) atoms. The number of carbonyl (C=O) groups is 1. The summed E-state index contributed by atoms with van der Waals surface area (Å²) < 4.78 is 7.03.